The highest BCUT2D eigenvalue weighted by atomic mass is 16.5. The smallest absolute Gasteiger partial charge is 0.338 e. The molecule has 15 heavy (non-hydrogen) atoms. The number of rotatable bonds is 3. The molecule has 0 aliphatic heterocycles. The fourth-order valence-corrected chi connectivity index (χ4v) is 1.21. The highest BCUT2D eigenvalue weighted by molar-refractivity contribution is 5.99. The summed E-state index contributed by atoms with van der Waals surface area (Å²) in [6.07, 6.45) is 0.645. The second-order valence-corrected chi connectivity index (χ2v) is 3.28. The number of anilines is 1. The van der Waals surface area contributed by atoms with Gasteiger partial charge in [0.1, 0.15) is 0 Å². The summed E-state index contributed by atoms with van der Waals surface area (Å²) in [5, 5.41) is 0. The molecule has 0 N–H and O–H groups in total. The highest BCUT2D eigenvalue weighted by Gasteiger charge is 2.12. The zero-order valence-electron chi connectivity index (χ0n) is 8.98. The van der Waals surface area contributed by atoms with Gasteiger partial charge in [-0.25, -0.2) is 4.79 Å². The molecule has 80 valence electrons. The van der Waals surface area contributed by atoms with Gasteiger partial charge in [0.2, 0.25) is 0 Å². The average Bonchev–Trinajstić information content (AvgIpc) is 2.27. The number of aldehydes is 1. The molecule has 0 fully saturated rings. The number of carbonyl (C=O) groups excluding carboxylic acids is 2. The molecule has 0 spiro atoms. The summed E-state index contributed by atoms with van der Waals surface area (Å²) in [5.41, 5.74) is 1.48. The largest absolute Gasteiger partial charge is 0.465 e. The topological polar surface area (TPSA) is 46.6 Å². The number of ether oxygens (including phenoxy) is 1. The second kappa shape index (κ2) is 4.59. The van der Waals surface area contributed by atoms with Gasteiger partial charge in [0, 0.05) is 25.3 Å². The van der Waals surface area contributed by atoms with Crippen molar-refractivity contribution in [2.75, 3.05) is 26.1 Å². The molecule has 0 heterocycles. The molecule has 0 aliphatic rings. The Morgan fingerprint density at radius 3 is 2.53 bits per heavy atom. The van der Waals surface area contributed by atoms with Crippen molar-refractivity contribution < 1.29 is 14.3 Å². The Kier molecular flexibility index (Phi) is 3.44. The Hall–Kier alpha value is -1.84. The molecule has 4 nitrogen and oxygen atoms in total. The summed E-state index contributed by atoms with van der Waals surface area (Å²) in [7, 11) is 5.01. The van der Waals surface area contributed by atoms with Crippen molar-refractivity contribution in [3.8, 4) is 0 Å². The minimum absolute atomic E-state index is 0.290. The van der Waals surface area contributed by atoms with Crippen molar-refractivity contribution in [2.45, 2.75) is 0 Å². The number of esters is 1. The molecule has 0 radical (unpaired) electrons. The van der Waals surface area contributed by atoms with Gasteiger partial charge in [-0.15, -0.1) is 0 Å². The lowest BCUT2D eigenvalue weighted by molar-refractivity contribution is 0.0598. The third-order valence-electron chi connectivity index (χ3n) is 2.09. The third-order valence-corrected chi connectivity index (χ3v) is 2.09. The van der Waals surface area contributed by atoms with Crippen molar-refractivity contribution in [1.29, 1.82) is 0 Å². The van der Waals surface area contributed by atoms with Crippen LogP contribution >= 0.6 is 0 Å². The van der Waals surface area contributed by atoms with E-state index in [2.05, 4.69) is 4.74 Å². The Morgan fingerprint density at radius 1 is 1.40 bits per heavy atom. The summed E-state index contributed by atoms with van der Waals surface area (Å²) >= 11 is 0. The molecule has 4 heteroatoms. The van der Waals surface area contributed by atoms with Crippen LogP contribution in [-0.2, 0) is 4.74 Å². The molecule has 1 aromatic rings. The summed E-state index contributed by atoms with van der Waals surface area (Å²) in [5.74, 6) is -0.499. The Bertz CT molecular complexity index is 385. The number of carbonyl (C=O) groups is 2. The molecule has 0 amide bonds. The van der Waals surface area contributed by atoms with Crippen LogP contribution in [0.25, 0.3) is 0 Å². The summed E-state index contributed by atoms with van der Waals surface area (Å²) in [6.45, 7) is 0. The molecule has 0 unspecified atom stereocenters. The maximum atomic E-state index is 11.4. The highest BCUT2D eigenvalue weighted by Crippen LogP contribution is 2.17. The van der Waals surface area contributed by atoms with Gasteiger partial charge in [0.15, 0.2) is 6.29 Å². The molecule has 0 saturated carbocycles. The van der Waals surface area contributed by atoms with Crippen LogP contribution < -0.4 is 4.90 Å². The van der Waals surface area contributed by atoms with Crippen LogP contribution in [0.3, 0.4) is 0 Å². The van der Waals surface area contributed by atoms with Gasteiger partial charge in [0.05, 0.1) is 12.7 Å². The number of nitrogens with zero attached hydrogens (tertiary/aromatic N) is 1. The van der Waals surface area contributed by atoms with E-state index in [9.17, 15) is 9.59 Å². The Labute approximate surface area is 88.5 Å². The Morgan fingerprint density at radius 2 is 2.07 bits per heavy atom. The van der Waals surface area contributed by atoms with Crippen LogP contribution in [0.2, 0.25) is 0 Å². The number of hydrogen-bond acceptors (Lipinski definition) is 4. The first-order valence-corrected chi connectivity index (χ1v) is 4.45. The molecule has 1 rings (SSSR count). The minimum Gasteiger partial charge on any atom is -0.465 e. The minimum atomic E-state index is -0.499. The van der Waals surface area contributed by atoms with E-state index < -0.39 is 5.97 Å². The van der Waals surface area contributed by atoms with Gasteiger partial charge < -0.3 is 9.64 Å². The van der Waals surface area contributed by atoms with Gasteiger partial charge in [-0.1, -0.05) is 0 Å². The maximum Gasteiger partial charge on any atom is 0.338 e. The van der Waals surface area contributed by atoms with Crippen LogP contribution in [-0.4, -0.2) is 33.5 Å². The van der Waals surface area contributed by atoms with Crippen molar-refractivity contribution in [1.82, 2.24) is 0 Å². The second-order valence-electron chi connectivity index (χ2n) is 3.28. The number of hydrogen-bond donors (Lipinski definition) is 0. The Balaban J connectivity index is 3.25. The van der Waals surface area contributed by atoms with Gasteiger partial charge in [0.25, 0.3) is 0 Å². The fourth-order valence-electron chi connectivity index (χ4n) is 1.21. The number of benzene rings is 1. The fraction of sp³-hybridized carbons (Fsp3) is 0.273. The average molecular weight is 207 g/mol. The lowest BCUT2D eigenvalue weighted by atomic mass is 10.1. The molecule has 0 aromatic heterocycles. The maximum absolute atomic E-state index is 11.4. The SMILES string of the molecule is COC(=O)c1cc(N(C)C)ccc1C=O. The lowest BCUT2D eigenvalue weighted by Gasteiger charge is -2.13. The summed E-state index contributed by atoms with van der Waals surface area (Å²) in [6, 6.07) is 5.01. The van der Waals surface area contributed by atoms with E-state index in [4.69, 9.17) is 0 Å². The van der Waals surface area contributed by atoms with Crippen LogP contribution in [0.15, 0.2) is 18.2 Å². The van der Waals surface area contributed by atoms with E-state index in [1.807, 2.05) is 19.0 Å². The molecule has 0 bridgehead atoms. The van der Waals surface area contributed by atoms with E-state index in [0.29, 0.717) is 17.4 Å². The number of methoxy groups -OCH3 is 1. The van der Waals surface area contributed by atoms with E-state index in [1.165, 1.54) is 7.11 Å². The summed E-state index contributed by atoms with van der Waals surface area (Å²) < 4.78 is 4.60. The molecule has 0 aliphatic carbocycles. The molecule has 1 aromatic carbocycles. The third kappa shape index (κ3) is 2.34. The predicted molar refractivity (Wildman–Crippen MR) is 57.5 cm³/mol. The van der Waals surface area contributed by atoms with Gasteiger partial charge >= 0.3 is 5.97 Å². The van der Waals surface area contributed by atoms with Crippen LogP contribution in [0.1, 0.15) is 20.7 Å². The van der Waals surface area contributed by atoms with Crippen LogP contribution in [0.4, 0.5) is 5.69 Å². The van der Waals surface area contributed by atoms with Crippen molar-refractivity contribution >= 4 is 17.9 Å². The van der Waals surface area contributed by atoms with Crippen LogP contribution in [0.5, 0.6) is 0 Å². The molecule has 0 saturated heterocycles. The van der Waals surface area contributed by atoms with Crippen molar-refractivity contribution in [3.05, 3.63) is 29.3 Å². The van der Waals surface area contributed by atoms with Crippen molar-refractivity contribution in [3.63, 3.8) is 0 Å². The lowest BCUT2D eigenvalue weighted by Crippen LogP contribution is -2.12. The summed E-state index contributed by atoms with van der Waals surface area (Å²) in [4.78, 5) is 23.9. The van der Waals surface area contributed by atoms with Crippen molar-refractivity contribution in [2.24, 2.45) is 0 Å². The van der Waals surface area contributed by atoms with E-state index in [0.717, 1.165) is 5.69 Å². The molecule has 0 atom stereocenters. The first-order chi connectivity index (χ1) is 7.10. The zero-order chi connectivity index (χ0) is 11.4. The quantitative estimate of drug-likeness (QED) is 0.554. The molecular formula is C11H13NO3. The van der Waals surface area contributed by atoms with Crippen LogP contribution in [0, 0.1) is 0 Å². The zero-order valence-corrected chi connectivity index (χ0v) is 8.98. The standard InChI is InChI=1S/C11H13NO3/c1-12(2)9-5-4-8(7-13)10(6-9)11(14)15-3/h4-7H,1-3H3. The predicted octanol–water partition coefficient (Wildman–Crippen LogP) is 1.35. The van der Waals surface area contributed by atoms with Gasteiger partial charge in [-0.3, -0.25) is 4.79 Å². The normalized spacial score (nSPS) is 9.53. The first kappa shape index (κ1) is 11.2. The first-order valence-electron chi connectivity index (χ1n) is 4.45. The van der Waals surface area contributed by atoms with E-state index >= 15 is 0 Å². The van der Waals surface area contributed by atoms with E-state index in [1.54, 1.807) is 18.2 Å². The molecular weight excluding hydrogens is 194 g/mol. The van der Waals surface area contributed by atoms with E-state index in [-0.39, 0.29) is 0 Å². The van der Waals surface area contributed by atoms with Gasteiger partial charge in [-0.05, 0) is 18.2 Å². The monoisotopic (exact) mass is 207 g/mol. The van der Waals surface area contributed by atoms with Gasteiger partial charge in [-0.2, -0.15) is 0 Å².